The van der Waals surface area contributed by atoms with E-state index < -0.39 is 24.1 Å². The summed E-state index contributed by atoms with van der Waals surface area (Å²) in [4.78, 5) is 39.3. The van der Waals surface area contributed by atoms with E-state index in [9.17, 15) is 14.4 Å². The molecule has 2 N–H and O–H groups in total. The van der Waals surface area contributed by atoms with Crippen LogP contribution in [0, 0.1) is 5.92 Å². The number of Topliss-reactive ketones (excluding diaryl/α,β-unsaturated/α-hetero) is 1. The summed E-state index contributed by atoms with van der Waals surface area (Å²) >= 11 is 1.41. The molecule has 0 aromatic carbocycles. The Bertz CT molecular complexity index is 678. The maximum atomic E-state index is 12.9. The Hall–Kier alpha value is -1.97. The van der Waals surface area contributed by atoms with E-state index in [-0.39, 0.29) is 18.5 Å². The Morgan fingerprint density at radius 2 is 2.10 bits per heavy atom. The molecule has 1 aromatic heterocycles. The number of rotatable bonds is 10. The van der Waals surface area contributed by atoms with Crippen LogP contribution in [0.3, 0.4) is 0 Å². The van der Waals surface area contributed by atoms with E-state index in [1.165, 1.54) is 11.3 Å². The van der Waals surface area contributed by atoms with E-state index in [1.807, 2.05) is 32.8 Å². The topological polar surface area (TPSA) is 97.0 Å². The Balaban J connectivity index is 1.99. The van der Waals surface area contributed by atoms with Crippen LogP contribution in [-0.2, 0) is 14.3 Å². The van der Waals surface area contributed by atoms with Gasteiger partial charge in [0.25, 0.3) is 0 Å². The number of amides is 2. The maximum Gasteiger partial charge on any atom is 0.413 e. The van der Waals surface area contributed by atoms with E-state index in [1.54, 1.807) is 16.8 Å². The lowest BCUT2D eigenvalue weighted by Crippen LogP contribution is -2.54. The van der Waals surface area contributed by atoms with Crippen molar-refractivity contribution in [2.24, 2.45) is 5.92 Å². The van der Waals surface area contributed by atoms with Gasteiger partial charge in [0.2, 0.25) is 5.91 Å². The fraction of sp³-hybridized carbons (Fsp3) is 0.650. The minimum atomic E-state index is -0.786. The molecular formula is C20H31N3O5S. The van der Waals surface area contributed by atoms with E-state index in [2.05, 4.69) is 10.6 Å². The first-order chi connectivity index (χ1) is 13.8. The van der Waals surface area contributed by atoms with Crippen molar-refractivity contribution in [2.45, 2.75) is 51.3 Å². The highest BCUT2D eigenvalue weighted by Crippen LogP contribution is 2.17. The highest BCUT2D eigenvalue weighted by Gasteiger charge is 2.38. The predicted molar refractivity (Wildman–Crippen MR) is 111 cm³/mol. The fourth-order valence-electron chi connectivity index (χ4n) is 3.00. The summed E-state index contributed by atoms with van der Waals surface area (Å²) in [5, 5.41) is 8.92. The summed E-state index contributed by atoms with van der Waals surface area (Å²) < 4.78 is 10.8. The molecule has 162 valence electrons. The van der Waals surface area contributed by atoms with Gasteiger partial charge in [0, 0.05) is 11.9 Å². The number of hydrogen-bond donors (Lipinski definition) is 2. The van der Waals surface area contributed by atoms with E-state index in [0.717, 1.165) is 13.0 Å². The molecule has 0 saturated carbocycles. The summed E-state index contributed by atoms with van der Waals surface area (Å²) in [5.74, 6) is 0.250. The molecule has 29 heavy (non-hydrogen) atoms. The number of ether oxygens (including phenoxy) is 2. The molecule has 0 aliphatic carbocycles. The average molecular weight is 426 g/mol. The molecule has 9 heteroatoms. The monoisotopic (exact) mass is 425 g/mol. The summed E-state index contributed by atoms with van der Waals surface area (Å²) in [6.07, 6.45) is 0.777. The van der Waals surface area contributed by atoms with Gasteiger partial charge in [-0.3, -0.25) is 9.59 Å². The van der Waals surface area contributed by atoms with Crippen LogP contribution < -0.4 is 15.4 Å². The molecule has 2 rings (SSSR count). The first-order valence-corrected chi connectivity index (χ1v) is 10.8. The predicted octanol–water partition coefficient (Wildman–Crippen LogP) is 2.05. The van der Waals surface area contributed by atoms with Gasteiger partial charge in [-0.2, -0.15) is 0 Å². The second-order valence-electron chi connectivity index (χ2n) is 7.91. The van der Waals surface area contributed by atoms with Gasteiger partial charge in [-0.1, -0.05) is 13.8 Å². The molecule has 1 aromatic rings. The van der Waals surface area contributed by atoms with Gasteiger partial charge >= 0.3 is 6.09 Å². The summed E-state index contributed by atoms with van der Waals surface area (Å²) in [6.45, 7) is 4.83. The zero-order valence-corrected chi connectivity index (χ0v) is 18.3. The molecule has 0 spiro atoms. The Kier molecular flexibility index (Phi) is 9.06. The van der Waals surface area contributed by atoms with Gasteiger partial charge in [-0.25, -0.2) is 4.79 Å². The van der Waals surface area contributed by atoms with Crippen molar-refractivity contribution in [3.63, 3.8) is 0 Å². The second-order valence-corrected chi connectivity index (χ2v) is 8.69. The van der Waals surface area contributed by atoms with E-state index >= 15 is 0 Å². The molecule has 0 bridgehead atoms. The van der Waals surface area contributed by atoms with Crippen LogP contribution in [0.4, 0.5) is 4.79 Å². The van der Waals surface area contributed by atoms with Gasteiger partial charge in [0.05, 0.1) is 6.10 Å². The smallest absolute Gasteiger partial charge is 0.409 e. The van der Waals surface area contributed by atoms with Gasteiger partial charge in [-0.05, 0) is 50.7 Å². The van der Waals surface area contributed by atoms with Gasteiger partial charge < -0.3 is 25.0 Å². The van der Waals surface area contributed by atoms with Crippen molar-refractivity contribution >= 4 is 29.1 Å². The number of ketones is 1. The zero-order valence-electron chi connectivity index (χ0n) is 17.5. The van der Waals surface area contributed by atoms with Crippen molar-refractivity contribution < 1.29 is 23.9 Å². The number of carbonyl (C=O) groups is 3. The van der Waals surface area contributed by atoms with Crippen molar-refractivity contribution in [3.8, 4) is 5.75 Å². The normalized spacial score (nSPS) is 20.1. The second kappa shape index (κ2) is 11.3. The van der Waals surface area contributed by atoms with Gasteiger partial charge in [-0.15, -0.1) is 11.3 Å². The molecule has 1 aliphatic heterocycles. The summed E-state index contributed by atoms with van der Waals surface area (Å²) in [5.41, 5.74) is 0. The molecule has 1 aliphatic rings. The fourth-order valence-corrected chi connectivity index (χ4v) is 3.55. The standard InChI is InChI=1S/C20H31N3O5S/c1-13(2)5-6-15(21-20(26)28-14-8-10-29-12-14)19(25)22-18-16(24)11-27-17(18)7-9-23(3)4/h8,10,12-13,15,17-18H,5-7,9,11H2,1-4H3,(H,21,26)(H,22,25)/t15-,17?,18?/m0/s1. The largest absolute Gasteiger partial charge is 0.413 e. The molecule has 2 amide bonds. The Morgan fingerprint density at radius 3 is 2.72 bits per heavy atom. The Labute approximate surface area is 175 Å². The molecule has 2 unspecified atom stereocenters. The number of thiophene rings is 1. The minimum absolute atomic E-state index is 0.00662. The van der Waals surface area contributed by atoms with Gasteiger partial charge in [0.1, 0.15) is 24.4 Å². The van der Waals surface area contributed by atoms with Crippen LogP contribution in [-0.4, -0.2) is 68.1 Å². The van der Waals surface area contributed by atoms with E-state index in [0.29, 0.717) is 24.5 Å². The average Bonchev–Trinajstić information content (AvgIpc) is 3.27. The molecular weight excluding hydrogens is 394 g/mol. The zero-order chi connectivity index (χ0) is 21.4. The summed E-state index contributed by atoms with van der Waals surface area (Å²) in [7, 11) is 3.88. The molecule has 3 atom stereocenters. The summed E-state index contributed by atoms with van der Waals surface area (Å²) in [6, 6.07) is 0.197. The van der Waals surface area contributed by atoms with Crippen LogP contribution in [0.1, 0.15) is 33.1 Å². The highest BCUT2D eigenvalue weighted by molar-refractivity contribution is 7.08. The number of carbonyl (C=O) groups excluding carboxylic acids is 3. The lowest BCUT2D eigenvalue weighted by molar-refractivity contribution is -0.127. The maximum absolute atomic E-state index is 12.9. The third-order valence-corrected chi connectivity index (χ3v) is 5.33. The van der Waals surface area contributed by atoms with Crippen molar-refractivity contribution in [3.05, 3.63) is 16.8 Å². The number of nitrogens with zero attached hydrogens (tertiary/aromatic N) is 1. The lowest BCUT2D eigenvalue weighted by Gasteiger charge is -2.24. The SMILES string of the molecule is CC(C)CC[C@H](NC(=O)Oc1ccsc1)C(=O)NC1C(=O)COC1CCN(C)C. The lowest BCUT2D eigenvalue weighted by atomic mass is 10.0. The molecule has 1 saturated heterocycles. The third kappa shape index (κ3) is 7.75. The van der Waals surface area contributed by atoms with Crippen LogP contribution in [0.15, 0.2) is 16.8 Å². The molecule has 1 fully saturated rings. The molecule has 2 heterocycles. The minimum Gasteiger partial charge on any atom is -0.409 e. The first kappa shape index (κ1) is 23.3. The third-order valence-electron chi connectivity index (χ3n) is 4.66. The van der Waals surface area contributed by atoms with Crippen molar-refractivity contribution in [1.82, 2.24) is 15.5 Å². The molecule has 0 radical (unpaired) electrons. The number of nitrogens with one attached hydrogen (secondary N) is 2. The van der Waals surface area contributed by atoms with Crippen molar-refractivity contribution in [2.75, 3.05) is 27.2 Å². The van der Waals surface area contributed by atoms with Crippen molar-refractivity contribution in [1.29, 1.82) is 0 Å². The first-order valence-electron chi connectivity index (χ1n) is 9.86. The van der Waals surface area contributed by atoms with Crippen LogP contribution in [0.5, 0.6) is 5.75 Å². The van der Waals surface area contributed by atoms with Crippen LogP contribution in [0.25, 0.3) is 0 Å². The van der Waals surface area contributed by atoms with Crippen LogP contribution in [0.2, 0.25) is 0 Å². The quantitative estimate of drug-likeness (QED) is 0.596. The molecule has 8 nitrogen and oxygen atoms in total. The number of hydrogen-bond acceptors (Lipinski definition) is 7. The van der Waals surface area contributed by atoms with Gasteiger partial charge in [0.15, 0.2) is 5.78 Å². The Morgan fingerprint density at radius 1 is 1.34 bits per heavy atom. The van der Waals surface area contributed by atoms with Crippen LogP contribution >= 0.6 is 11.3 Å². The highest BCUT2D eigenvalue weighted by atomic mass is 32.1. The van der Waals surface area contributed by atoms with E-state index in [4.69, 9.17) is 9.47 Å².